The Morgan fingerprint density at radius 1 is 1.59 bits per heavy atom. The summed E-state index contributed by atoms with van der Waals surface area (Å²) in [6.45, 7) is 3.50. The van der Waals surface area contributed by atoms with Gasteiger partial charge in [0.2, 0.25) is 0 Å². The number of benzene rings is 1. The number of aliphatic hydroxyl groups is 1. The van der Waals surface area contributed by atoms with Crippen molar-refractivity contribution in [3.05, 3.63) is 29.3 Å². The molecule has 1 heterocycles. The van der Waals surface area contributed by atoms with Crippen molar-refractivity contribution >= 4 is 5.97 Å². The van der Waals surface area contributed by atoms with Gasteiger partial charge >= 0.3 is 5.97 Å². The van der Waals surface area contributed by atoms with E-state index in [4.69, 9.17) is 9.47 Å². The minimum Gasteiger partial charge on any atom is -0.489 e. The number of carbonyl (C=O) groups excluding carboxylic acids is 1. The Morgan fingerprint density at radius 3 is 3.00 bits per heavy atom. The Bertz CT molecular complexity index is 425. The number of esters is 1. The monoisotopic (exact) mass is 236 g/mol. The topological polar surface area (TPSA) is 55.8 Å². The second kappa shape index (κ2) is 4.75. The van der Waals surface area contributed by atoms with Crippen LogP contribution in [-0.4, -0.2) is 23.8 Å². The molecule has 0 spiro atoms. The van der Waals surface area contributed by atoms with Gasteiger partial charge < -0.3 is 14.6 Å². The van der Waals surface area contributed by atoms with Crippen LogP contribution in [0.2, 0.25) is 0 Å². The van der Waals surface area contributed by atoms with Crippen LogP contribution < -0.4 is 4.74 Å². The van der Waals surface area contributed by atoms with Gasteiger partial charge in [-0.2, -0.15) is 0 Å². The normalized spacial score (nSPS) is 20.1. The third-order valence-corrected chi connectivity index (χ3v) is 2.77. The molecule has 1 aromatic rings. The van der Waals surface area contributed by atoms with Gasteiger partial charge in [-0.25, -0.2) is 0 Å². The van der Waals surface area contributed by atoms with Gasteiger partial charge in [0.1, 0.15) is 18.5 Å². The minimum atomic E-state index is -0.505. The van der Waals surface area contributed by atoms with Crippen molar-refractivity contribution < 1.29 is 19.4 Å². The summed E-state index contributed by atoms with van der Waals surface area (Å²) >= 11 is 0. The van der Waals surface area contributed by atoms with Crippen LogP contribution >= 0.6 is 0 Å². The zero-order valence-electron chi connectivity index (χ0n) is 9.97. The highest BCUT2D eigenvalue weighted by Crippen LogP contribution is 2.28. The molecule has 92 valence electrons. The van der Waals surface area contributed by atoms with Crippen molar-refractivity contribution in [2.45, 2.75) is 32.5 Å². The quantitative estimate of drug-likeness (QED) is 0.792. The summed E-state index contributed by atoms with van der Waals surface area (Å²) in [6, 6.07) is 5.59. The largest absolute Gasteiger partial charge is 0.489 e. The molecule has 1 aliphatic heterocycles. The van der Waals surface area contributed by atoms with Gasteiger partial charge in [-0.3, -0.25) is 4.79 Å². The third kappa shape index (κ3) is 2.77. The van der Waals surface area contributed by atoms with Crippen molar-refractivity contribution in [3.63, 3.8) is 0 Å². The first-order chi connectivity index (χ1) is 8.06. The Balaban J connectivity index is 2.17. The maximum atomic E-state index is 10.9. The highest BCUT2D eigenvalue weighted by Gasteiger charge is 2.22. The summed E-state index contributed by atoms with van der Waals surface area (Å²) in [5, 5.41) is 9.51. The summed E-state index contributed by atoms with van der Waals surface area (Å²) in [7, 11) is 0. The van der Waals surface area contributed by atoms with Gasteiger partial charge in [-0.15, -0.1) is 0 Å². The molecular formula is C13H16O4. The Labute approximate surface area is 100 Å². The Morgan fingerprint density at radius 2 is 2.35 bits per heavy atom. The predicted molar refractivity (Wildman–Crippen MR) is 61.8 cm³/mol. The first-order valence-corrected chi connectivity index (χ1v) is 5.67. The zero-order chi connectivity index (χ0) is 12.4. The molecule has 17 heavy (non-hydrogen) atoms. The summed E-state index contributed by atoms with van der Waals surface area (Å²) in [4.78, 5) is 10.9. The van der Waals surface area contributed by atoms with Crippen molar-refractivity contribution in [1.29, 1.82) is 0 Å². The first kappa shape index (κ1) is 11.9. The molecule has 1 unspecified atom stereocenters. The fraction of sp³-hybridized carbons (Fsp3) is 0.462. The lowest BCUT2D eigenvalue weighted by Gasteiger charge is -2.25. The average molecular weight is 236 g/mol. The van der Waals surface area contributed by atoms with Crippen LogP contribution in [0.5, 0.6) is 5.75 Å². The lowest BCUT2D eigenvalue weighted by molar-refractivity contribution is -0.148. The molecule has 1 aromatic carbocycles. The molecule has 2 atom stereocenters. The molecule has 4 nitrogen and oxygen atoms in total. The summed E-state index contributed by atoms with van der Waals surface area (Å²) < 4.78 is 10.6. The maximum Gasteiger partial charge on any atom is 0.303 e. The van der Waals surface area contributed by atoms with Crippen LogP contribution in [0.15, 0.2) is 18.2 Å². The molecule has 1 N–H and O–H groups in total. The van der Waals surface area contributed by atoms with Crippen molar-refractivity contribution in [3.8, 4) is 5.75 Å². The lowest BCUT2D eigenvalue weighted by Crippen LogP contribution is -2.30. The SMILES string of the molecule is CC(=O)OC1COc2ccc([C@@H](C)O)cc2C1. The molecule has 0 bridgehead atoms. The summed E-state index contributed by atoms with van der Waals surface area (Å²) in [6.07, 6.45) is -0.103. The number of ether oxygens (including phenoxy) is 2. The predicted octanol–water partition coefficient (Wildman–Crippen LogP) is 1.61. The fourth-order valence-electron chi connectivity index (χ4n) is 1.96. The van der Waals surface area contributed by atoms with Crippen LogP contribution in [0.25, 0.3) is 0 Å². The second-order valence-corrected chi connectivity index (χ2v) is 4.29. The molecule has 0 radical (unpaired) electrons. The number of rotatable bonds is 2. The van der Waals surface area contributed by atoms with Gasteiger partial charge in [-0.1, -0.05) is 6.07 Å². The zero-order valence-corrected chi connectivity index (χ0v) is 9.97. The maximum absolute atomic E-state index is 10.9. The summed E-state index contributed by atoms with van der Waals surface area (Å²) in [5.74, 6) is 0.506. The van der Waals surface area contributed by atoms with Crippen LogP contribution in [0.4, 0.5) is 0 Å². The van der Waals surface area contributed by atoms with Gasteiger partial charge in [0.15, 0.2) is 0 Å². The molecule has 0 amide bonds. The van der Waals surface area contributed by atoms with E-state index in [1.807, 2.05) is 18.2 Å². The van der Waals surface area contributed by atoms with E-state index in [0.29, 0.717) is 13.0 Å². The smallest absolute Gasteiger partial charge is 0.303 e. The number of aliphatic hydroxyl groups excluding tert-OH is 1. The van der Waals surface area contributed by atoms with Crippen LogP contribution in [0.1, 0.15) is 31.1 Å². The van der Waals surface area contributed by atoms with Gasteiger partial charge in [0, 0.05) is 13.3 Å². The van der Waals surface area contributed by atoms with Gasteiger partial charge in [0.05, 0.1) is 6.10 Å². The van der Waals surface area contributed by atoms with Crippen molar-refractivity contribution in [1.82, 2.24) is 0 Å². The molecule has 0 saturated heterocycles. The van der Waals surface area contributed by atoms with Crippen LogP contribution in [0.3, 0.4) is 0 Å². The van der Waals surface area contributed by atoms with Crippen LogP contribution in [-0.2, 0) is 16.0 Å². The fourth-order valence-corrected chi connectivity index (χ4v) is 1.96. The Kier molecular flexibility index (Phi) is 3.33. The molecule has 0 fully saturated rings. The molecule has 0 aromatic heterocycles. The van der Waals surface area contributed by atoms with E-state index in [1.54, 1.807) is 6.92 Å². The molecule has 1 aliphatic rings. The molecule has 2 rings (SSSR count). The van der Waals surface area contributed by atoms with E-state index in [0.717, 1.165) is 16.9 Å². The highest BCUT2D eigenvalue weighted by molar-refractivity contribution is 5.66. The average Bonchev–Trinajstić information content (AvgIpc) is 2.27. The lowest BCUT2D eigenvalue weighted by atomic mass is 10.00. The van der Waals surface area contributed by atoms with E-state index in [1.165, 1.54) is 6.92 Å². The molecular weight excluding hydrogens is 220 g/mol. The minimum absolute atomic E-state index is 0.232. The number of hydrogen-bond acceptors (Lipinski definition) is 4. The number of hydrogen-bond donors (Lipinski definition) is 1. The van der Waals surface area contributed by atoms with E-state index >= 15 is 0 Å². The second-order valence-electron chi connectivity index (χ2n) is 4.29. The molecule has 0 saturated carbocycles. The number of carbonyl (C=O) groups is 1. The first-order valence-electron chi connectivity index (χ1n) is 5.67. The molecule has 4 heteroatoms. The third-order valence-electron chi connectivity index (χ3n) is 2.77. The van der Waals surface area contributed by atoms with Crippen molar-refractivity contribution in [2.75, 3.05) is 6.61 Å². The highest BCUT2D eigenvalue weighted by atomic mass is 16.6. The standard InChI is InChI=1S/C13H16O4/c1-8(14)10-3-4-13-11(5-10)6-12(7-16-13)17-9(2)15/h3-5,8,12,14H,6-7H2,1-2H3/t8-,12?/m1/s1. The summed E-state index contributed by atoms with van der Waals surface area (Å²) in [5.41, 5.74) is 1.82. The van der Waals surface area contributed by atoms with E-state index in [-0.39, 0.29) is 12.1 Å². The number of fused-ring (bicyclic) bond motifs is 1. The van der Waals surface area contributed by atoms with E-state index in [2.05, 4.69) is 0 Å². The van der Waals surface area contributed by atoms with Crippen molar-refractivity contribution in [2.24, 2.45) is 0 Å². The van der Waals surface area contributed by atoms with E-state index in [9.17, 15) is 9.90 Å². The van der Waals surface area contributed by atoms with Crippen LogP contribution in [0, 0.1) is 0 Å². The molecule has 0 aliphatic carbocycles. The Hall–Kier alpha value is -1.55. The van der Waals surface area contributed by atoms with Gasteiger partial charge in [0.25, 0.3) is 0 Å². The van der Waals surface area contributed by atoms with E-state index < -0.39 is 6.10 Å². The van der Waals surface area contributed by atoms with Gasteiger partial charge in [-0.05, 0) is 30.2 Å².